The molecule has 0 unspecified atom stereocenters. The smallest absolute Gasteiger partial charge is 0.281 e. The van der Waals surface area contributed by atoms with Crippen molar-refractivity contribution in [3.63, 3.8) is 0 Å². The van der Waals surface area contributed by atoms with Gasteiger partial charge in [0.25, 0.3) is 11.5 Å². The van der Waals surface area contributed by atoms with Crippen molar-refractivity contribution in [1.29, 1.82) is 0 Å². The zero-order chi connectivity index (χ0) is 22.9. The van der Waals surface area contributed by atoms with Gasteiger partial charge in [-0.2, -0.15) is 0 Å². The summed E-state index contributed by atoms with van der Waals surface area (Å²) in [5, 5.41) is 8.05. The highest BCUT2D eigenvalue weighted by atomic mass is 19.1. The largest absolute Gasteiger partial charge is 0.339 e. The Balaban J connectivity index is 1.34. The number of carbonyl (C=O) groups is 1. The molecule has 1 N–H and O–H groups in total. The molecule has 1 aliphatic heterocycles. The molecule has 1 amide bonds. The van der Waals surface area contributed by atoms with E-state index < -0.39 is 0 Å². The summed E-state index contributed by atoms with van der Waals surface area (Å²) in [7, 11) is 0. The zero-order valence-electron chi connectivity index (χ0n) is 18.2. The second-order valence-electron chi connectivity index (χ2n) is 8.43. The van der Waals surface area contributed by atoms with Gasteiger partial charge in [-0.1, -0.05) is 35.0 Å². The summed E-state index contributed by atoms with van der Waals surface area (Å²) in [6.07, 6.45) is 1.40. The fourth-order valence-corrected chi connectivity index (χ4v) is 4.26. The molecule has 3 heterocycles. The molecule has 2 aromatic carbocycles. The highest BCUT2D eigenvalue weighted by Crippen LogP contribution is 2.26. The number of benzene rings is 2. The minimum atomic E-state index is -0.335. The lowest BCUT2D eigenvalue weighted by Crippen LogP contribution is -2.38. The Morgan fingerprint density at radius 2 is 1.91 bits per heavy atom. The summed E-state index contributed by atoms with van der Waals surface area (Å²) in [6.45, 7) is 3.48. The fraction of sp³-hybridized carbons (Fsp3) is 0.292. The molecule has 168 valence electrons. The predicted octanol–water partition coefficient (Wildman–Crippen LogP) is 3.03. The van der Waals surface area contributed by atoms with E-state index in [-0.39, 0.29) is 28.7 Å². The third-order valence-electron chi connectivity index (χ3n) is 6.07. The lowest BCUT2D eigenvalue weighted by atomic mass is 9.95. The summed E-state index contributed by atoms with van der Waals surface area (Å²) in [5.74, 6) is 0.317. The molecule has 4 aromatic rings. The van der Waals surface area contributed by atoms with Crippen LogP contribution in [0.3, 0.4) is 0 Å². The molecule has 0 spiro atoms. The summed E-state index contributed by atoms with van der Waals surface area (Å²) in [6, 6.07) is 13.7. The van der Waals surface area contributed by atoms with Crippen LogP contribution in [0.2, 0.25) is 0 Å². The number of hydrogen-bond donors (Lipinski definition) is 1. The summed E-state index contributed by atoms with van der Waals surface area (Å²) in [5.41, 5.74) is 2.81. The van der Waals surface area contributed by atoms with E-state index in [1.54, 1.807) is 16.8 Å². The predicted molar refractivity (Wildman–Crippen MR) is 121 cm³/mol. The third kappa shape index (κ3) is 4.26. The molecule has 1 aliphatic rings. The normalized spacial score (nSPS) is 14.7. The van der Waals surface area contributed by atoms with Crippen LogP contribution in [0.15, 0.2) is 53.3 Å². The minimum absolute atomic E-state index is 0.0237. The Bertz CT molecular complexity index is 1370. The van der Waals surface area contributed by atoms with Crippen LogP contribution in [0.4, 0.5) is 4.39 Å². The molecule has 9 heteroatoms. The topological polar surface area (TPSA) is 96.8 Å². The molecule has 0 aliphatic carbocycles. The molecule has 0 atom stereocenters. The van der Waals surface area contributed by atoms with Gasteiger partial charge in [0, 0.05) is 24.6 Å². The number of carbonyl (C=O) groups excluding carboxylic acids is 1. The van der Waals surface area contributed by atoms with Crippen molar-refractivity contribution in [2.45, 2.75) is 32.2 Å². The van der Waals surface area contributed by atoms with Crippen LogP contribution in [-0.2, 0) is 6.54 Å². The Kier molecular flexibility index (Phi) is 5.45. The summed E-state index contributed by atoms with van der Waals surface area (Å²) >= 11 is 0. The molecule has 0 radical (unpaired) electrons. The van der Waals surface area contributed by atoms with Gasteiger partial charge in [0.2, 0.25) is 0 Å². The lowest BCUT2D eigenvalue weighted by Gasteiger charge is -2.31. The Morgan fingerprint density at radius 1 is 1.15 bits per heavy atom. The minimum Gasteiger partial charge on any atom is -0.339 e. The number of nitrogens with zero attached hydrogens (tertiary/aromatic N) is 5. The van der Waals surface area contributed by atoms with Crippen LogP contribution in [-0.4, -0.2) is 48.9 Å². The van der Waals surface area contributed by atoms with Crippen LogP contribution in [0.1, 0.15) is 46.1 Å². The number of nitrogens with one attached hydrogen (secondary N) is 1. The second-order valence-corrected chi connectivity index (χ2v) is 8.43. The van der Waals surface area contributed by atoms with Gasteiger partial charge in [0.1, 0.15) is 11.6 Å². The van der Waals surface area contributed by atoms with Crippen molar-refractivity contribution in [3.8, 4) is 0 Å². The first-order chi connectivity index (χ1) is 16.0. The van der Waals surface area contributed by atoms with Gasteiger partial charge < -0.3 is 9.88 Å². The number of aromatic amines is 1. The maximum absolute atomic E-state index is 13.2. The Labute approximate surface area is 189 Å². The van der Waals surface area contributed by atoms with Gasteiger partial charge in [0.15, 0.2) is 11.2 Å². The van der Waals surface area contributed by atoms with E-state index >= 15 is 0 Å². The number of amides is 1. The van der Waals surface area contributed by atoms with Crippen molar-refractivity contribution in [1.82, 2.24) is 29.9 Å². The number of fused-ring (bicyclic) bond motifs is 1. The van der Waals surface area contributed by atoms with Gasteiger partial charge in [0.05, 0.1) is 6.54 Å². The molecular formula is C24H23FN6O2. The zero-order valence-corrected chi connectivity index (χ0v) is 18.2. The molecule has 8 nitrogen and oxygen atoms in total. The van der Waals surface area contributed by atoms with E-state index in [4.69, 9.17) is 0 Å². The number of likely N-dealkylation sites (tertiary alicyclic amines) is 1. The van der Waals surface area contributed by atoms with Gasteiger partial charge in [-0.3, -0.25) is 9.59 Å². The quantitative estimate of drug-likeness (QED) is 0.520. The van der Waals surface area contributed by atoms with Crippen LogP contribution in [0.5, 0.6) is 0 Å². The average Bonchev–Trinajstić information content (AvgIpc) is 3.23. The van der Waals surface area contributed by atoms with Crippen LogP contribution < -0.4 is 5.56 Å². The Hall–Kier alpha value is -3.88. The number of piperidine rings is 1. The maximum Gasteiger partial charge on any atom is 0.281 e. The number of halogens is 1. The number of H-pyrrole nitrogens is 1. The molecular weight excluding hydrogens is 423 g/mol. The van der Waals surface area contributed by atoms with E-state index in [0.29, 0.717) is 49.5 Å². The number of aryl methyl sites for hydroxylation is 1. The first-order valence-corrected chi connectivity index (χ1v) is 10.9. The number of hydrogen-bond acceptors (Lipinski definition) is 5. The molecule has 0 bridgehead atoms. The van der Waals surface area contributed by atoms with Crippen molar-refractivity contribution >= 4 is 17.1 Å². The summed E-state index contributed by atoms with van der Waals surface area (Å²) in [4.78, 5) is 34.8. The third-order valence-corrected chi connectivity index (χ3v) is 6.07. The van der Waals surface area contributed by atoms with Crippen molar-refractivity contribution in [2.75, 3.05) is 13.1 Å². The van der Waals surface area contributed by atoms with Gasteiger partial charge in [-0.05, 0) is 49.6 Å². The maximum atomic E-state index is 13.2. The summed E-state index contributed by atoms with van der Waals surface area (Å²) < 4.78 is 14.8. The first-order valence-electron chi connectivity index (χ1n) is 10.9. The van der Waals surface area contributed by atoms with Crippen molar-refractivity contribution in [3.05, 3.63) is 87.2 Å². The van der Waals surface area contributed by atoms with E-state index in [2.05, 4.69) is 20.3 Å². The molecule has 33 heavy (non-hydrogen) atoms. The molecule has 2 aromatic heterocycles. The molecule has 5 rings (SSSR count). The molecule has 1 saturated heterocycles. The second kappa shape index (κ2) is 8.57. The van der Waals surface area contributed by atoms with E-state index in [0.717, 1.165) is 11.1 Å². The van der Waals surface area contributed by atoms with Gasteiger partial charge in [-0.15, -0.1) is 5.10 Å². The monoisotopic (exact) mass is 446 g/mol. The SMILES string of the molecule is Cc1cccc(C(=O)N2CCC(c3nc4c(nnn4Cc4ccc(F)cc4)c(=O)[nH]3)CC2)c1. The van der Waals surface area contributed by atoms with E-state index in [1.807, 2.05) is 36.1 Å². The van der Waals surface area contributed by atoms with Crippen LogP contribution >= 0.6 is 0 Å². The lowest BCUT2D eigenvalue weighted by molar-refractivity contribution is 0.0711. The van der Waals surface area contributed by atoms with E-state index in [9.17, 15) is 14.0 Å². The molecule has 0 saturated carbocycles. The van der Waals surface area contributed by atoms with Gasteiger partial charge in [-0.25, -0.2) is 14.1 Å². The van der Waals surface area contributed by atoms with Crippen molar-refractivity contribution < 1.29 is 9.18 Å². The van der Waals surface area contributed by atoms with Crippen molar-refractivity contribution in [2.24, 2.45) is 0 Å². The number of aromatic nitrogens is 5. The highest BCUT2D eigenvalue weighted by Gasteiger charge is 2.27. The average molecular weight is 446 g/mol. The number of rotatable bonds is 4. The standard InChI is InChI=1S/C24H23FN6O2/c1-15-3-2-4-18(13-15)24(33)30-11-9-17(10-12-30)21-26-22-20(23(32)27-21)28-29-31(22)14-16-5-7-19(25)8-6-16/h2-8,13,17H,9-12,14H2,1H3,(H,26,27,32). The first kappa shape index (κ1) is 21.0. The van der Waals surface area contributed by atoms with Gasteiger partial charge >= 0.3 is 0 Å². The van der Waals surface area contributed by atoms with E-state index in [1.165, 1.54) is 12.1 Å². The highest BCUT2D eigenvalue weighted by molar-refractivity contribution is 5.94. The van der Waals surface area contributed by atoms with Crippen LogP contribution in [0.25, 0.3) is 11.2 Å². The fourth-order valence-electron chi connectivity index (χ4n) is 4.26. The molecule has 1 fully saturated rings. The Morgan fingerprint density at radius 3 is 2.64 bits per heavy atom. The van der Waals surface area contributed by atoms with Crippen LogP contribution in [0, 0.1) is 12.7 Å².